The molecule has 102 valence electrons. The molecule has 0 amide bonds. The lowest BCUT2D eigenvalue weighted by molar-refractivity contribution is -0.290. The topological polar surface area (TPSA) is 21.7 Å². The molecule has 0 aromatic rings. The van der Waals surface area contributed by atoms with E-state index in [2.05, 4.69) is 26.5 Å². The van der Waals surface area contributed by atoms with E-state index in [9.17, 15) is 0 Å². The molecular formula is C15H25NO2. The summed E-state index contributed by atoms with van der Waals surface area (Å²) in [5.74, 6) is 0.672. The number of hydroxylamine groups is 2. The molecule has 0 aromatic heterocycles. The zero-order valence-corrected chi connectivity index (χ0v) is 12.1. The number of hydrogen-bond acceptors (Lipinski definition) is 3. The van der Waals surface area contributed by atoms with Crippen LogP contribution >= 0.6 is 0 Å². The van der Waals surface area contributed by atoms with E-state index in [0.717, 1.165) is 18.5 Å². The number of hydrogen-bond donors (Lipinski definition) is 0. The minimum atomic E-state index is -0.426. The van der Waals surface area contributed by atoms with E-state index in [1.807, 2.05) is 13.8 Å². The van der Waals surface area contributed by atoms with Crippen molar-refractivity contribution in [1.82, 2.24) is 5.23 Å². The van der Waals surface area contributed by atoms with Crippen LogP contribution < -0.4 is 0 Å². The van der Waals surface area contributed by atoms with Crippen molar-refractivity contribution in [2.75, 3.05) is 0 Å². The molecule has 18 heavy (non-hydrogen) atoms. The van der Waals surface area contributed by atoms with Crippen LogP contribution in [0.2, 0.25) is 0 Å². The summed E-state index contributed by atoms with van der Waals surface area (Å²) in [4.78, 5) is 11.4. The average Bonchev–Trinajstić information content (AvgIpc) is 2.64. The fourth-order valence-corrected chi connectivity index (χ4v) is 2.59. The Kier molecular flexibility index (Phi) is 3.45. The van der Waals surface area contributed by atoms with Gasteiger partial charge in [0.05, 0.1) is 5.70 Å². The first-order chi connectivity index (χ1) is 8.42. The van der Waals surface area contributed by atoms with Crippen LogP contribution in [0.3, 0.4) is 0 Å². The third kappa shape index (κ3) is 2.28. The Morgan fingerprint density at radius 2 is 2.00 bits per heavy atom. The van der Waals surface area contributed by atoms with Gasteiger partial charge in [-0.3, -0.25) is 0 Å². The average molecular weight is 251 g/mol. The van der Waals surface area contributed by atoms with E-state index in [-0.39, 0.29) is 0 Å². The zero-order valence-electron chi connectivity index (χ0n) is 12.1. The summed E-state index contributed by atoms with van der Waals surface area (Å²) in [5.41, 5.74) is 1.19. The summed E-state index contributed by atoms with van der Waals surface area (Å²) in [6.45, 7) is 12.4. The molecule has 1 aliphatic heterocycles. The van der Waals surface area contributed by atoms with Gasteiger partial charge in [-0.25, -0.2) is 4.84 Å². The third-order valence-electron chi connectivity index (χ3n) is 4.59. The molecule has 0 aromatic carbocycles. The highest BCUT2D eigenvalue weighted by molar-refractivity contribution is 5.10. The Morgan fingerprint density at radius 1 is 1.33 bits per heavy atom. The van der Waals surface area contributed by atoms with Gasteiger partial charge >= 0.3 is 0 Å². The highest BCUT2D eigenvalue weighted by Gasteiger charge is 2.40. The maximum Gasteiger partial charge on any atom is 0.162 e. The highest BCUT2D eigenvalue weighted by Crippen LogP contribution is 2.43. The van der Waals surface area contributed by atoms with Gasteiger partial charge in [0.25, 0.3) is 0 Å². The molecule has 0 radical (unpaired) electrons. The summed E-state index contributed by atoms with van der Waals surface area (Å²) in [5, 5.41) is 1.57. The second-order valence-corrected chi connectivity index (χ2v) is 5.98. The molecule has 2 rings (SSSR count). The van der Waals surface area contributed by atoms with Gasteiger partial charge in [0.2, 0.25) is 0 Å². The van der Waals surface area contributed by atoms with Crippen molar-refractivity contribution in [1.29, 1.82) is 0 Å². The summed E-state index contributed by atoms with van der Waals surface area (Å²) in [7, 11) is 0. The molecule has 0 atom stereocenters. The SMILES string of the molecule is C=C1ON(C2=CCC(CC)(CC)CC2)OC1(C)C. The molecule has 1 aliphatic carbocycles. The summed E-state index contributed by atoms with van der Waals surface area (Å²) in [6.07, 6.45) is 8.10. The van der Waals surface area contributed by atoms with Crippen molar-refractivity contribution in [3.63, 3.8) is 0 Å². The fraction of sp³-hybridized carbons (Fsp3) is 0.733. The maximum atomic E-state index is 5.78. The first kappa shape index (κ1) is 13.5. The standard InChI is InChI=1S/C15H25NO2/c1-6-15(7-2)10-8-13(9-11-15)16-17-12(3)14(4,5)18-16/h8H,3,6-7,9-11H2,1-2,4-5H3. The van der Waals surface area contributed by atoms with Crippen molar-refractivity contribution < 1.29 is 9.68 Å². The summed E-state index contributed by atoms with van der Waals surface area (Å²) >= 11 is 0. The van der Waals surface area contributed by atoms with Gasteiger partial charge in [0.1, 0.15) is 0 Å². The van der Waals surface area contributed by atoms with Crippen LogP contribution in [-0.2, 0) is 9.68 Å². The Hall–Kier alpha value is -0.960. The molecule has 1 fully saturated rings. The second-order valence-electron chi connectivity index (χ2n) is 5.98. The Labute approximate surface area is 110 Å². The van der Waals surface area contributed by atoms with Crippen molar-refractivity contribution >= 4 is 0 Å². The first-order valence-corrected chi connectivity index (χ1v) is 6.98. The minimum absolute atomic E-state index is 0.426. The summed E-state index contributed by atoms with van der Waals surface area (Å²) < 4.78 is 0. The minimum Gasteiger partial charge on any atom is -0.356 e. The van der Waals surface area contributed by atoms with E-state index < -0.39 is 5.60 Å². The van der Waals surface area contributed by atoms with Crippen LogP contribution in [0.1, 0.15) is 59.8 Å². The molecule has 0 bridgehead atoms. The normalized spacial score (nSPS) is 25.9. The molecule has 0 N–H and O–H groups in total. The lowest BCUT2D eigenvalue weighted by Crippen LogP contribution is -2.28. The molecule has 0 unspecified atom stereocenters. The maximum absolute atomic E-state index is 5.78. The number of nitrogens with zero attached hydrogens (tertiary/aromatic N) is 1. The van der Waals surface area contributed by atoms with Gasteiger partial charge in [-0.1, -0.05) is 44.6 Å². The number of allylic oxidation sites excluding steroid dienone is 2. The summed E-state index contributed by atoms with van der Waals surface area (Å²) in [6, 6.07) is 0. The van der Waals surface area contributed by atoms with Crippen LogP contribution in [0.4, 0.5) is 0 Å². The van der Waals surface area contributed by atoms with E-state index in [1.54, 1.807) is 5.23 Å². The second kappa shape index (κ2) is 4.61. The first-order valence-electron chi connectivity index (χ1n) is 6.98. The Balaban J connectivity index is 2.05. The van der Waals surface area contributed by atoms with Crippen LogP contribution in [0.5, 0.6) is 0 Å². The van der Waals surface area contributed by atoms with Crippen molar-refractivity contribution in [2.24, 2.45) is 5.41 Å². The molecule has 0 saturated carbocycles. The monoisotopic (exact) mass is 251 g/mol. The van der Waals surface area contributed by atoms with Crippen LogP contribution in [0, 0.1) is 5.41 Å². The van der Waals surface area contributed by atoms with Gasteiger partial charge in [0.15, 0.2) is 11.4 Å². The van der Waals surface area contributed by atoms with Gasteiger partial charge in [-0.05, 0) is 38.5 Å². The third-order valence-corrected chi connectivity index (χ3v) is 4.59. The van der Waals surface area contributed by atoms with Gasteiger partial charge in [-0.15, -0.1) is 0 Å². The molecular weight excluding hydrogens is 226 g/mol. The molecule has 1 heterocycles. The van der Waals surface area contributed by atoms with Gasteiger partial charge < -0.3 is 4.84 Å². The van der Waals surface area contributed by atoms with E-state index >= 15 is 0 Å². The van der Waals surface area contributed by atoms with Crippen molar-refractivity contribution in [3.05, 3.63) is 24.1 Å². The predicted molar refractivity (Wildman–Crippen MR) is 72.2 cm³/mol. The fourth-order valence-electron chi connectivity index (χ4n) is 2.59. The quantitative estimate of drug-likeness (QED) is 0.745. The molecule has 2 aliphatic rings. The lowest BCUT2D eigenvalue weighted by Gasteiger charge is -2.35. The Bertz CT molecular complexity index is 367. The van der Waals surface area contributed by atoms with Crippen molar-refractivity contribution in [3.8, 4) is 0 Å². The molecule has 3 nitrogen and oxygen atoms in total. The van der Waals surface area contributed by atoms with Crippen LogP contribution in [0.15, 0.2) is 24.1 Å². The van der Waals surface area contributed by atoms with Crippen LogP contribution in [0.25, 0.3) is 0 Å². The highest BCUT2D eigenvalue weighted by atomic mass is 17.0. The largest absolute Gasteiger partial charge is 0.356 e. The smallest absolute Gasteiger partial charge is 0.162 e. The molecule has 1 saturated heterocycles. The van der Waals surface area contributed by atoms with E-state index in [4.69, 9.17) is 9.68 Å². The lowest BCUT2D eigenvalue weighted by atomic mass is 9.72. The van der Waals surface area contributed by atoms with Crippen molar-refractivity contribution in [2.45, 2.75) is 65.4 Å². The predicted octanol–water partition coefficient (Wildman–Crippen LogP) is 4.33. The zero-order chi connectivity index (χ0) is 13.4. The number of rotatable bonds is 3. The van der Waals surface area contributed by atoms with Crippen LogP contribution in [-0.4, -0.2) is 10.8 Å². The molecule has 0 spiro atoms. The van der Waals surface area contributed by atoms with E-state index in [1.165, 1.54) is 19.3 Å². The Morgan fingerprint density at radius 3 is 2.39 bits per heavy atom. The van der Waals surface area contributed by atoms with E-state index in [0.29, 0.717) is 11.2 Å². The van der Waals surface area contributed by atoms with Gasteiger partial charge in [0, 0.05) is 0 Å². The molecule has 3 heteroatoms. The van der Waals surface area contributed by atoms with Gasteiger partial charge in [-0.2, -0.15) is 0 Å².